The van der Waals surface area contributed by atoms with Gasteiger partial charge in [0, 0.05) is 7.05 Å². The van der Waals surface area contributed by atoms with Gasteiger partial charge < -0.3 is 5.32 Å². The van der Waals surface area contributed by atoms with Crippen LogP contribution in [0.3, 0.4) is 0 Å². The highest BCUT2D eigenvalue weighted by Crippen LogP contribution is 2.07. The third-order valence-electron chi connectivity index (χ3n) is 2.44. The number of amides is 1. The van der Waals surface area contributed by atoms with Crippen molar-refractivity contribution in [1.82, 2.24) is 10.6 Å². The monoisotopic (exact) mass is 197 g/mol. The van der Waals surface area contributed by atoms with Gasteiger partial charge >= 0.3 is 0 Å². The van der Waals surface area contributed by atoms with Crippen LogP contribution < -0.4 is 10.6 Å². The van der Waals surface area contributed by atoms with E-state index in [4.69, 9.17) is 0 Å². The zero-order chi connectivity index (χ0) is 10.4. The summed E-state index contributed by atoms with van der Waals surface area (Å²) in [5, 5.41) is 5.75. The molecule has 14 heavy (non-hydrogen) atoms. The Kier molecular flexibility index (Phi) is 4.43. The van der Waals surface area contributed by atoms with E-state index < -0.39 is 0 Å². The Morgan fingerprint density at radius 3 is 2.71 bits per heavy atom. The molecule has 1 heterocycles. The molecule has 0 aromatic carbocycles. The number of unbranched alkanes of at least 4 members (excludes halogenated alkanes) is 3. The zero-order valence-corrected chi connectivity index (χ0v) is 8.97. The average molecular weight is 197 g/mol. The predicted octanol–water partition coefficient (Wildman–Crippen LogP) is 1.03. The molecule has 0 aromatic rings. The topological polar surface area (TPSA) is 53.5 Å². The summed E-state index contributed by atoms with van der Waals surface area (Å²) >= 11 is 0. The highest BCUT2D eigenvalue weighted by molar-refractivity contribution is 6.06. The minimum Gasteiger partial charge on any atom is -0.344 e. The largest absolute Gasteiger partial charge is 0.344 e. The van der Waals surface area contributed by atoms with E-state index in [-0.39, 0.29) is 11.9 Å². The molecule has 1 aliphatic heterocycles. The van der Waals surface area contributed by atoms with Gasteiger partial charge in [-0.15, -0.1) is 0 Å². The SMILES string of the molecule is CCCCCCC1NC(=NC)NC1=O. The first-order chi connectivity index (χ1) is 6.77. The third kappa shape index (κ3) is 3.01. The number of carbonyl (C=O) groups excluding carboxylic acids is 1. The Hall–Kier alpha value is -1.06. The van der Waals surface area contributed by atoms with Crippen molar-refractivity contribution in [1.29, 1.82) is 0 Å². The molecule has 1 aliphatic rings. The van der Waals surface area contributed by atoms with E-state index in [1.54, 1.807) is 7.05 Å². The molecule has 1 atom stereocenters. The van der Waals surface area contributed by atoms with E-state index >= 15 is 0 Å². The smallest absolute Gasteiger partial charge is 0.249 e. The van der Waals surface area contributed by atoms with Gasteiger partial charge in [0.1, 0.15) is 6.04 Å². The summed E-state index contributed by atoms with van der Waals surface area (Å²) < 4.78 is 0. The van der Waals surface area contributed by atoms with Crippen LogP contribution in [0.2, 0.25) is 0 Å². The van der Waals surface area contributed by atoms with Gasteiger partial charge in [0.15, 0.2) is 5.96 Å². The Morgan fingerprint density at radius 2 is 2.14 bits per heavy atom. The van der Waals surface area contributed by atoms with Crippen molar-refractivity contribution in [2.75, 3.05) is 7.05 Å². The number of guanidine groups is 1. The lowest BCUT2D eigenvalue weighted by Gasteiger charge is -2.06. The maximum atomic E-state index is 11.4. The van der Waals surface area contributed by atoms with Gasteiger partial charge in [0.05, 0.1) is 0 Å². The molecule has 0 aliphatic carbocycles. The number of carbonyl (C=O) groups is 1. The van der Waals surface area contributed by atoms with Gasteiger partial charge in [-0.3, -0.25) is 15.1 Å². The molecule has 0 radical (unpaired) electrons. The summed E-state index contributed by atoms with van der Waals surface area (Å²) in [5.41, 5.74) is 0. The standard InChI is InChI=1S/C10H19N3O/c1-3-4-5-6-7-8-9(14)13-10(11-2)12-8/h8H,3-7H2,1-2H3,(H2,11,12,13,14). The van der Waals surface area contributed by atoms with Crippen molar-refractivity contribution in [2.24, 2.45) is 4.99 Å². The summed E-state index contributed by atoms with van der Waals surface area (Å²) in [6.07, 6.45) is 5.70. The van der Waals surface area contributed by atoms with Crippen molar-refractivity contribution < 1.29 is 4.79 Å². The second kappa shape index (κ2) is 5.62. The third-order valence-corrected chi connectivity index (χ3v) is 2.44. The van der Waals surface area contributed by atoms with Crippen LogP contribution in [0.25, 0.3) is 0 Å². The Balaban J connectivity index is 2.22. The van der Waals surface area contributed by atoms with E-state index in [0.717, 1.165) is 12.8 Å². The van der Waals surface area contributed by atoms with Crippen molar-refractivity contribution in [3.63, 3.8) is 0 Å². The van der Waals surface area contributed by atoms with Crippen molar-refractivity contribution >= 4 is 11.9 Å². The van der Waals surface area contributed by atoms with Crippen LogP contribution in [0.5, 0.6) is 0 Å². The fourth-order valence-corrected chi connectivity index (χ4v) is 1.57. The fourth-order valence-electron chi connectivity index (χ4n) is 1.57. The van der Waals surface area contributed by atoms with Crippen LogP contribution in [0.15, 0.2) is 4.99 Å². The van der Waals surface area contributed by atoms with Gasteiger partial charge in [-0.2, -0.15) is 0 Å². The Bertz CT molecular complexity index is 225. The minimum absolute atomic E-state index is 0.0575. The normalized spacial score (nSPS) is 23.7. The first-order valence-electron chi connectivity index (χ1n) is 5.32. The summed E-state index contributed by atoms with van der Waals surface area (Å²) in [5.74, 6) is 0.664. The molecule has 1 saturated heterocycles. The molecule has 1 rings (SSSR count). The molecule has 2 N–H and O–H groups in total. The van der Waals surface area contributed by atoms with E-state index in [0.29, 0.717) is 5.96 Å². The van der Waals surface area contributed by atoms with Crippen LogP contribution in [-0.4, -0.2) is 25.0 Å². The molecule has 80 valence electrons. The van der Waals surface area contributed by atoms with Gasteiger partial charge in [0.2, 0.25) is 5.91 Å². The number of hydrogen-bond donors (Lipinski definition) is 2. The van der Waals surface area contributed by atoms with E-state index in [2.05, 4.69) is 22.5 Å². The molecule has 0 bridgehead atoms. The lowest BCUT2D eigenvalue weighted by Crippen LogP contribution is -2.29. The van der Waals surface area contributed by atoms with Crippen LogP contribution in [0.4, 0.5) is 0 Å². The van der Waals surface area contributed by atoms with Crippen molar-refractivity contribution in [3.05, 3.63) is 0 Å². The Morgan fingerprint density at radius 1 is 1.36 bits per heavy atom. The maximum Gasteiger partial charge on any atom is 0.249 e. The van der Waals surface area contributed by atoms with Gasteiger partial charge in [-0.1, -0.05) is 32.6 Å². The Labute approximate surface area is 85.2 Å². The molecule has 1 amide bonds. The molecule has 1 fully saturated rings. The number of aliphatic imine (C=N–C) groups is 1. The fraction of sp³-hybridized carbons (Fsp3) is 0.800. The first kappa shape index (κ1) is 11.0. The average Bonchev–Trinajstić information content (AvgIpc) is 2.54. The minimum atomic E-state index is -0.0643. The van der Waals surface area contributed by atoms with E-state index in [1.165, 1.54) is 19.3 Å². The summed E-state index contributed by atoms with van der Waals surface area (Å²) in [6, 6.07) is -0.0643. The second-order valence-electron chi connectivity index (χ2n) is 3.61. The zero-order valence-electron chi connectivity index (χ0n) is 8.97. The molecule has 0 saturated carbocycles. The van der Waals surface area contributed by atoms with Crippen LogP contribution >= 0.6 is 0 Å². The molecular weight excluding hydrogens is 178 g/mol. The summed E-state index contributed by atoms with van der Waals surface area (Å²) in [4.78, 5) is 15.3. The predicted molar refractivity (Wildman–Crippen MR) is 57.2 cm³/mol. The number of nitrogens with zero attached hydrogens (tertiary/aromatic N) is 1. The molecule has 0 spiro atoms. The van der Waals surface area contributed by atoms with Crippen LogP contribution in [0, 0.1) is 0 Å². The van der Waals surface area contributed by atoms with Gasteiger partial charge in [-0.05, 0) is 6.42 Å². The number of hydrogen-bond acceptors (Lipinski definition) is 2. The second-order valence-corrected chi connectivity index (χ2v) is 3.61. The highest BCUT2D eigenvalue weighted by Gasteiger charge is 2.26. The van der Waals surface area contributed by atoms with Gasteiger partial charge in [-0.25, -0.2) is 0 Å². The van der Waals surface area contributed by atoms with Gasteiger partial charge in [0.25, 0.3) is 0 Å². The molecule has 4 heteroatoms. The number of rotatable bonds is 5. The molecular formula is C10H19N3O. The van der Waals surface area contributed by atoms with E-state index in [9.17, 15) is 4.79 Å². The van der Waals surface area contributed by atoms with Crippen LogP contribution in [0.1, 0.15) is 39.0 Å². The quantitative estimate of drug-likeness (QED) is 0.647. The van der Waals surface area contributed by atoms with Crippen LogP contribution in [-0.2, 0) is 4.79 Å². The van der Waals surface area contributed by atoms with E-state index in [1.807, 2.05) is 0 Å². The number of nitrogens with one attached hydrogen (secondary N) is 2. The maximum absolute atomic E-state index is 11.4. The highest BCUT2D eigenvalue weighted by atomic mass is 16.2. The summed E-state index contributed by atoms with van der Waals surface area (Å²) in [7, 11) is 1.67. The summed E-state index contributed by atoms with van der Waals surface area (Å²) in [6.45, 7) is 2.18. The first-order valence-corrected chi connectivity index (χ1v) is 5.32. The lowest BCUT2D eigenvalue weighted by molar-refractivity contribution is -0.120. The molecule has 4 nitrogen and oxygen atoms in total. The lowest BCUT2D eigenvalue weighted by atomic mass is 10.1. The molecule has 1 unspecified atom stereocenters. The van der Waals surface area contributed by atoms with Crippen molar-refractivity contribution in [3.8, 4) is 0 Å². The van der Waals surface area contributed by atoms with Crippen molar-refractivity contribution in [2.45, 2.75) is 45.1 Å². The molecule has 0 aromatic heterocycles.